The Hall–Kier alpha value is -1.26. The number of benzene rings is 1. The Morgan fingerprint density at radius 1 is 1.53 bits per heavy atom. The van der Waals surface area contributed by atoms with Crippen molar-refractivity contribution in [1.29, 1.82) is 0 Å². The third-order valence-electron chi connectivity index (χ3n) is 3.20. The van der Waals surface area contributed by atoms with Gasteiger partial charge in [0.25, 0.3) is 5.91 Å². The average Bonchev–Trinajstić information content (AvgIpc) is 2.73. The Morgan fingerprint density at radius 2 is 2.26 bits per heavy atom. The van der Waals surface area contributed by atoms with Gasteiger partial charge in [-0.15, -0.1) is 11.3 Å². The summed E-state index contributed by atoms with van der Waals surface area (Å²) < 4.78 is 0.982. The fraction of sp³-hybridized carbons (Fsp3) is 0.357. The highest BCUT2D eigenvalue weighted by molar-refractivity contribution is 7.21. The van der Waals surface area contributed by atoms with Crippen LogP contribution < -0.4 is 11.1 Å². The maximum atomic E-state index is 12.1. The van der Waals surface area contributed by atoms with Gasteiger partial charge in [0, 0.05) is 21.7 Å². The number of nitrogens with two attached hydrogens (primary N) is 1. The number of fused-ring (bicyclic) bond motifs is 1. The summed E-state index contributed by atoms with van der Waals surface area (Å²) in [5, 5.41) is 4.41. The van der Waals surface area contributed by atoms with Crippen molar-refractivity contribution in [2.24, 2.45) is 5.92 Å². The van der Waals surface area contributed by atoms with E-state index >= 15 is 0 Å². The van der Waals surface area contributed by atoms with E-state index in [9.17, 15) is 4.79 Å². The first kappa shape index (κ1) is 14.2. The number of carbonyl (C=O) groups excluding carboxylic acids is 1. The van der Waals surface area contributed by atoms with Crippen molar-refractivity contribution >= 4 is 44.6 Å². The van der Waals surface area contributed by atoms with Crippen LogP contribution in [0.2, 0.25) is 5.02 Å². The van der Waals surface area contributed by atoms with E-state index in [0.717, 1.165) is 16.5 Å². The van der Waals surface area contributed by atoms with Crippen LogP contribution in [-0.4, -0.2) is 12.5 Å². The molecule has 0 aliphatic heterocycles. The second-order valence-corrected chi connectivity index (χ2v) is 6.20. The van der Waals surface area contributed by atoms with Gasteiger partial charge in [-0.1, -0.05) is 31.9 Å². The molecule has 0 aliphatic carbocycles. The summed E-state index contributed by atoms with van der Waals surface area (Å²) in [6.45, 7) is 4.88. The number of nitrogen functional groups attached to an aromatic ring is 1. The second-order valence-electron chi connectivity index (χ2n) is 4.71. The Labute approximate surface area is 121 Å². The smallest absolute Gasteiger partial charge is 0.263 e. The highest BCUT2D eigenvalue weighted by Gasteiger charge is 2.16. The summed E-state index contributed by atoms with van der Waals surface area (Å²) in [6, 6.07) is 5.50. The first-order valence-electron chi connectivity index (χ1n) is 6.28. The number of halogens is 1. The zero-order chi connectivity index (χ0) is 14.0. The van der Waals surface area contributed by atoms with Crippen molar-refractivity contribution in [3.63, 3.8) is 0 Å². The molecule has 1 amide bonds. The number of hydrogen-bond acceptors (Lipinski definition) is 3. The minimum absolute atomic E-state index is 0.102. The zero-order valence-corrected chi connectivity index (χ0v) is 12.6. The van der Waals surface area contributed by atoms with Gasteiger partial charge in [0.05, 0.1) is 5.69 Å². The molecule has 19 heavy (non-hydrogen) atoms. The lowest BCUT2D eigenvalue weighted by atomic mass is 10.1. The molecule has 102 valence electrons. The van der Waals surface area contributed by atoms with E-state index in [2.05, 4.69) is 19.2 Å². The summed E-state index contributed by atoms with van der Waals surface area (Å²) in [5.41, 5.74) is 6.56. The summed E-state index contributed by atoms with van der Waals surface area (Å²) >= 11 is 7.35. The van der Waals surface area contributed by atoms with Gasteiger partial charge in [-0.2, -0.15) is 0 Å². The lowest BCUT2D eigenvalue weighted by Crippen LogP contribution is -2.27. The van der Waals surface area contributed by atoms with Crippen molar-refractivity contribution in [3.05, 3.63) is 28.1 Å². The van der Waals surface area contributed by atoms with Crippen LogP contribution in [-0.2, 0) is 0 Å². The number of nitrogens with one attached hydrogen (secondary N) is 1. The predicted molar refractivity (Wildman–Crippen MR) is 83.0 cm³/mol. The number of thiophene rings is 1. The molecule has 0 radical (unpaired) electrons. The van der Waals surface area contributed by atoms with E-state index in [1.165, 1.54) is 11.3 Å². The first-order valence-corrected chi connectivity index (χ1v) is 7.48. The maximum Gasteiger partial charge on any atom is 0.263 e. The molecule has 0 saturated carbocycles. The van der Waals surface area contributed by atoms with Crippen molar-refractivity contribution in [2.75, 3.05) is 12.3 Å². The molecule has 1 heterocycles. The molecule has 0 spiro atoms. The zero-order valence-electron chi connectivity index (χ0n) is 11.0. The number of hydrogen-bond donors (Lipinski definition) is 2. The number of anilines is 1. The maximum absolute atomic E-state index is 12.1. The molecule has 1 unspecified atom stereocenters. The van der Waals surface area contributed by atoms with Gasteiger partial charge >= 0.3 is 0 Å². The monoisotopic (exact) mass is 296 g/mol. The molecule has 2 rings (SSSR count). The molecule has 2 aromatic rings. The summed E-state index contributed by atoms with van der Waals surface area (Å²) in [6.07, 6.45) is 1.04. The van der Waals surface area contributed by atoms with E-state index in [-0.39, 0.29) is 5.91 Å². The topological polar surface area (TPSA) is 55.1 Å². The van der Waals surface area contributed by atoms with E-state index < -0.39 is 0 Å². The molecule has 0 fully saturated rings. The van der Waals surface area contributed by atoms with Gasteiger partial charge in [-0.3, -0.25) is 4.79 Å². The molecule has 1 aromatic carbocycles. The molecule has 3 nitrogen and oxygen atoms in total. The van der Waals surface area contributed by atoms with Gasteiger partial charge in [-0.25, -0.2) is 0 Å². The van der Waals surface area contributed by atoms with Crippen molar-refractivity contribution in [2.45, 2.75) is 20.3 Å². The Morgan fingerprint density at radius 3 is 2.95 bits per heavy atom. The molecular weight excluding hydrogens is 280 g/mol. The van der Waals surface area contributed by atoms with Crippen molar-refractivity contribution in [1.82, 2.24) is 5.32 Å². The quantitative estimate of drug-likeness (QED) is 0.898. The van der Waals surface area contributed by atoms with Crippen molar-refractivity contribution in [3.8, 4) is 0 Å². The van der Waals surface area contributed by atoms with Crippen LogP contribution in [0, 0.1) is 5.92 Å². The van der Waals surface area contributed by atoms with Gasteiger partial charge < -0.3 is 11.1 Å². The minimum atomic E-state index is -0.102. The fourth-order valence-electron chi connectivity index (χ4n) is 1.75. The molecule has 1 atom stereocenters. The van der Waals surface area contributed by atoms with Crippen LogP contribution in [0.4, 0.5) is 5.69 Å². The summed E-state index contributed by atoms with van der Waals surface area (Å²) in [7, 11) is 0. The number of carbonyl (C=O) groups is 1. The molecule has 0 aliphatic rings. The van der Waals surface area contributed by atoms with Gasteiger partial charge in [0.1, 0.15) is 4.88 Å². The van der Waals surface area contributed by atoms with E-state index in [1.54, 1.807) is 12.1 Å². The third-order valence-corrected chi connectivity index (χ3v) is 4.62. The number of rotatable bonds is 4. The molecule has 5 heteroatoms. The minimum Gasteiger partial charge on any atom is -0.397 e. The Kier molecular flexibility index (Phi) is 4.32. The molecule has 0 saturated heterocycles. The SMILES string of the molecule is CCC(C)CNC(=O)c1sc2ccc(Cl)cc2c1N. The highest BCUT2D eigenvalue weighted by Crippen LogP contribution is 2.35. The van der Waals surface area contributed by atoms with Crippen molar-refractivity contribution < 1.29 is 4.79 Å². The molecular formula is C14H17ClN2OS. The van der Waals surface area contributed by atoms with Crippen LogP contribution in [0.3, 0.4) is 0 Å². The van der Waals surface area contributed by atoms with Gasteiger partial charge in [0.15, 0.2) is 0 Å². The molecule has 3 N–H and O–H groups in total. The molecule has 0 bridgehead atoms. The Bertz CT molecular complexity index is 609. The normalized spacial score (nSPS) is 12.6. The average molecular weight is 297 g/mol. The van der Waals surface area contributed by atoms with Gasteiger partial charge in [0.2, 0.25) is 0 Å². The van der Waals surface area contributed by atoms with Crippen LogP contribution in [0.15, 0.2) is 18.2 Å². The third kappa shape index (κ3) is 3.01. The summed E-state index contributed by atoms with van der Waals surface area (Å²) in [4.78, 5) is 12.7. The Balaban J connectivity index is 2.25. The van der Waals surface area contributed by atoms with Gasteiger partial charge in [-0.05, 0) is 24.1 Å². The molecule has 1 aromatic heterocycles. The van der Waals surface area contributed by atoms with Crippen LogP contribution in [0.5, 0.6) is 0 Å². The number of amides is 1. The predicted octanol–water partition coefficient (Wildman–Crippen LogP) is 3.91. The lowest BCUT2D eigenvalue weighted by Gasteiger charge is -2.09. The standard InChI is InChI=1S/C14H17ClN2OS/c1-3-8(2)7-17-14(18)13-12(16)10-6-9(15)4-5-11(10)19-13/h4-6,8H,3,7,16H2,1-2H3,(H,17,18). The van der Waals surface area contributed by atoms with Crippen LogP contribution in [0.1, 0.15) is 29.9 Å². The largest absolute Gasteiger partial charge is 0.397 e. The fourth-order valence-corrected chi connectivity index (χ4v) is 2.94. The van der Waals surface area contributed by atoms with E-state index in [4.69, 9.17) is 17.3 Å². The van der Waals surface area contributed by atoms with E-state index in [0.29, 0.717) is 28.0 Å². The summed E-state index contributed by atoms with van der Waals surface area (Å²) in [5.74, 6) is 0.365. The second kappa shape index (κ2) is 5.80. The highest BCUT2D eigenvalue weighted by atomic mass is 35.5. The first-order chi connectivity index (χ1) is 9.02. The van der Waals surface area contributed by atoms with Crippen LogP contribution >= 0.6 is 22.9 Å². The lowest BCUT2D eigenvalue weighted by molar-refractivity contribution is 0.0953. The van der Waals surface area contributed by atoms with Crippen LogP contribution in [0.25, 0.3) is 10.1 Å². The van der Waals surface area contributed by atoms with E-state index in [1.807, 2.05) is 6.07 Å².